The molecule has 1 heterocycles. The summed E-state index contributed by atoms with van der Waals surface area (Å²) in [7, 11) is 0. The van der Waals surface area contributed by atoms with Crippen LogP contribution in [0.1, 0.15) is 17.2 Å². The molecule has 0 aliphatic heterocycles. The second-order valence-corrected chi connectivity index (χ2v) is 4.13. The Morgan fingerprint density at radius 2 is 2.06 bits per heavy atom. The topological polar surface area (TPSA) is 68.4 Å². The van der Waals surface area contributed by atoms with Gasteiger partial charge in [-0.3, -0.25) is 0 Å². The highest BCUT2D eigenvalue weighted by atomic mass is 16.5. The summed E-state index contributed by atoms with van der Waals surface area (Å²) in [6, 6.07) is 11.2. The summed E-state index contributed by atoms with van der Waals surface area (Å²) in [4.78, 5) is 4.02. The molecule has 3 N–H and O–H groups in total. The Kier molecular flexibility index (Phi) is 3.79. The van der Waals surface area contributed by atoms with Crippen molar-refractivity contribution in [3.05, 3.63) is 53.7 Å². The number of nitrogens with two attached hydrogens (primary N) is 1. The van der Waals surface area contributed by atoms with Gasteiger partial charge in [0.1, 0.15) is 24.3 Å². The maximum Gasteiger partial charge on any atom is 0.129 e. The molecule has 18 heavy (non-hydrogen) atoms. The van der Waals surface area contributed by atoms with E-state index in [1.807, 2.05) is 43.3 Å². The molecule has 0 aliphatic carbocycles. The summed E-state index contributed by atoms with van der Waals surface area (Å²) in [6.07, 6.45) is 0.890. The van der Waals surface area contributed by atoms with Crippen LogP contribution >= 0.6 is 0 Å². The van der Waals surface area contributed by atoms with Crippen LogP contribution in [0.4, 0.5) is 5.82 Å². The first kappa shape index (κ1) is 12.4. The first-order valence-corrected chi connectivity index (χ1v) is 5.75. The van der Waals surface area contributed by atoms with Crippen LogP contribution in [0.2, 0.25) is 0 Å². The maximum absolute atomic E-state index is 10.0. The Balaban J connectivity index is 2.03. The highest BCUT2D eigenvalue weighted by Crippen LogP contribution is 2.20. The average molecular weight is 244 g/mol. The van der Waals surface area contributed by atoms with Gasteiger partial charge in [0.15, 0.2) is 0 Å². The van der Waals surface area contributed by atoms with Crippen LogP contribution < -0.4 is 10.5 Å². The molecule has 4 heteroatoms. The van der Waals surface area contributed by atoms with Gasteiger partial charge >= 0.3 is 0 Å². The van der Waals surface area contributed by atoms with E-state index in [2.05, 4.69) is 4.98 Å². The summed E-state index contributed by atoms with van der Waals surface area (Å²) in [5, 5.41) is 10.0. The number of nitrogen functional groups attached to an aromatic ring is 1. The molecular weight excluding hydrogens is 228 g/mol. The van der Waals surface area contributed by atoms with Gasteiger partial charge in [-0.05, 0) is 30.7 Å². The van der Waals surface area contributed by atoms with Gasteiger partial charge in [0.05, 0.1) is 0 Å². The molecule has 2 rings (SSSR count). The second kappa shape index (κ2) is 5.51. The van der Waals surface area contributed by atoms with Gasteiger partial charge < -0.3 is 15.6 Å². The van der Waals surface area contributed by atoms with Gasteiger partial charge in [-0.2, -0.15) is 0 Å². The zero-order valence-electron chi connectivity index (χ0n) is 10.2. The van der Waals surface area contributed by atoms with Crippen molar-refractivity contribution in [2.75, 3.05) is 12.3 Å². The number of aliphatic hydroxyl groups excluding tert-OH is 1. The van der Waals surface area contributed by atoms with Crippen molar-refractivity contribution in [1.82, 2.24) is 4.98 Å². The van der Waals surface area contributed by atoms with E-state index >= 15 is 0 Å². The zero-order chi connectivity index (χ0) is 13.0. The summed E-state index contributed by atoms with van der Waals surface area (Å²) in [5.74, 6) is 1.06. The quantitative estimate of drug-likeness (QED) is 0.864. The van der Waals surface area contributed by atoms with Crippen molar-refractivity contribution in [3.63, 3.8) is 0 Å². The molecule has 4 nitrogen and oxygen atoms in total. The van der Waals surface area contributed by atoms with Gasteiger partial charge in [-0.1, -0.05) is 18.2 Å². The van der Waals surface area contributed by atoms with Gasteiger partial charge in [0.2, 0.25) is 0 Å². The number of aryl methyl sites for hydroxylation is 1. The maximum atomic E-state index is 10.0. The number of nitrogens with zero attached hydrogens (tertiary/aromatic N) is 1. The van der Waals surface area contributed by atoms with E-state index < -0.39 is 6.10 Å². The smallest absolute Gasteiger partial charge is 0.129 e. The third-order valence-corrected chi connectivity index (χ3v) is 2.60. The first-order valence-electron chi connectivity index (χ1n) is 5.75. The molecule has 0 aliphatic rings. The largest absolute Gasteiger partial charge is 0.491 e. The SMILES string of the molecule is Cc1cnc(N)c(C(O)COc2ccccc2)c1. The molecule has 0 amide bonds. The van der Waals surface area contributed by atoms with Crippen molar-refractivity contribution in [2.45, 2.75) is 13.0 Å². The number of aromatic nitrogens is 1. The Morgan fingerprint density at radius 3 is 2.78 bits per heavy atom. The third kappa shape index (κ3) is 2.99. The summed E-state index contributed by atoms with van der Waals surface area (Å²) in [6.45, 7) is 2.06. The number of hydrogen-bond donors (Lipinski definition) is 2. The molecule has 1 atom stereocenters. The number of aliphatic hydroxyl groups is 1. The van der Waals surface area contributed by atoms with E-state index in [4.69, 9.17) is 10.5 Å². The molecule has 0 bridgehead atoms. The van der Waals surface area contributed by atoms with E-state index in [9.17, 15) is 5.11 Å². The number of hydrogen-bond acceptors (Lipinski definition) is 4. The Bertz CT molecular complexity index is 514. The molecule has 1 aromatic carbocycles. The molecule has 1 unspecified atom stereocenters. The highest BCUT2D eigenvalue weighted by Gasteiger charge is 2.13. The zero-order valence-corrected chi connectivity index (χ0v) is 10.2. The van der Waals surface area contributed by atoms with Gasteiger partial charge in [-0.15, -0.1) is 0 Å². The lowest BCUT2D eigenvalue weighted by Gasteiger charge is -2.14. The van der Waals surface area contributed by atoms with Crippen LogP contribution in [0.25, 0.3) is 0 Å². The third-order valence-electron chi connectivity index (χ3n) is 2.60. The van der Waals surface area contributed by atoms with Crippen molar-refractivity contribution in [3.8, 4) is 5.75 Å². The van der Waals surface area contributed by atoms with Crippen LogP contribution in [0.3, 0.4) is 0 Å². The van der Waals surface area contributed by atoms with E-state index in [1.54, 1.807) is 6.20 Å². The number of anilines is 1. The van der Waals surface area contributed by atoms with Crippen molar-refractivity contribution >= 4 is 5.82 Å². The number of benzene rings is 1. The molecular formula is C14H16N2O2. The first-order chi connectivity index (χ1) is 8.66. The Morgan fingerprint density at radius 1 is 1.33 bits per heavy atom. The number of pyridine rings is 1. The molecule has 0 spiro atoms. The normalized spacial score (nSPS) is 12.1. The minimum absolute atomic E-state index is 0.152. The van der Waals surface area contributed by atoms with Crippen molar-refractivity contribution in [1.29, 1.82) is 0 Å². The predicted octanol–water partition coefficient (Wildman–Crippen LogP) is 2.08. The fourth-order valence-electron chi connectivity index (χ4n) is 1.65. The second-order valence-electron chi connectivity index (χ2n) is 4.13. The monoisotopic (exact) mass is 244 g/mol. The van der Waals surface area contributed by atoms with Gasteiger partial charge in [0, 0.05) is 11.8 Å². The Labute approximate surface area is 106 Å². The number of para-hydroxylation sites is 1. The van der Waals surface area contributed by atoms with Crippen LogP contribution in [-0.4, -0.2) is 16.7 Å². The fraction of sp³-hybridized carbons (Fsp3) is 0.214. The molecule has 2 aromatic rings. The summed E-state index contributed by atoms with van der Waals surface area (Å²) < 4.78 is 5.48. The molecule has 0 radical (unpaired) electrons. The minimum atomic E-state index is -0.780. The number of ether oxygens (including phenoxy) is 1. The van der Waals surface area contributed by atoms with E-state index in [1.165, 1.54) is 0 Å². The lowest BCUT2D eigenvalue weighted by molar-refractivity contribution is 0.108. The van der Waals surface area contributed by atoms with Crippen LogP contribution in [-0.2, 0) is 0 Å². The summed E-state index contributed by atoms with van der Waals surface area (Å²) in [5.41, 5.74) is 7.29. The molecule has 0 saturated carbocycles. The summed E-state index contributed by atoms with van der Waals surface area (Å²) >= 11 is 0. The van der Waals surface area contributed by atoms with Gasteiger partial charge in [0.25, 0.3) is 0 Å². The van der Waals surface area contributed by atoms with Crippen molar-refractivity contribution in [2.24, 2.45) is 0 Å². The minimum Gasteiger partial charge on any atom is -0.491 e. The molecule has 94 valence electrons. The van der Waals surface area contributed by atoms with Crippen LogP contribution in [0.5, 0.6) is 5.75 Å². The Hall–Kier alpha value is -2.07. The fourth-order valence-corrected chi connectivity index (χ4v) is 1.65. The number of rotatable bonds is 4. The predicted molar refractivity (Wildman–Crippen MR) is 70.3 cm³/mol. The van der Waals surface area contributed by atoms with E-state index in [0.717, 1.165) is 11.3 Å². The van der Waals surface area contributed by atoms with Crippen LogP contribution in [0, 0.1) is 6.92 Å². The highest BCUT2D eigenvalue weighted by molar-refractivity contribution is 5.42. The van der Waals surface area contributed by atoms with E-state index in [-0.39, 0.29) is 6.61 Å². The average Bonchev–Trinajstić information content (AvgIpc) is 2.40. The lowest BCUT2D eigenvalue weighted by Crippen LogP contribution is -2.12. The van der Waals surface area contributed by atoms with E-state index in [0.29, 0.717) is 11.4 Å². The standard InChI is InChI=1S/C14H16N2O2/c1-10-7-12(14(15)16-8-10)13(17)9-18-11-5-3-2-4-6-11/h2-8,13,17H,9H2,1H3,(H2,15,16). The van der Waals surface area contributed by atoms with Crippen molar-refractivity contribution < 1.29 is 9.84 Å². The van der Waals surface area contributed by atoms with Gasteiger partial charge in [-0.25, -0.2) is 4.98 Å². The molecule has 0 saturated heterocycles. The van der Waals surface area contributed by atoms with Crippen LogP contribution in [0.15, 0.2) is 42.6 Å². The molecule has 0 fully saturated rings. The lowest BCUT2D eigenvalue weighted by atomic mass is 10.1. The molecule has 1 aromatic heterocycles.